The molecule has 0 aliphatic carbocycles. The third kappa shape index (κ3) is 6.58. The lowest BCUT2D eigenvalue weighted by Crippen LogP contribution is -2.20. The minimum atomic E-state index is 0.648. The first-order valence-corrected chi connectivity index (χ1v) is 7.29. The number of aryl methyl sites for hydroxylation is 1. The molecule has 3 heteroatoms. The first-order chi connectivity index (χ1) is 8.99. The van der Waals surface area contributed by atoms with Crippen LogP contribution in [0.4, 0.5) is 0 Å². The van der Waals surface area contributed by atoms with E-state index in [1.165, 1.54) is 0 Å². The molecule has 0 saturated heterocycles. The zero-order valence-electron chi connectivity index (χ0n) is 13.0. The van der Waals surface area contributed by atoms with Gasteiger partial charge in [0.05, 0.1) is 12.3 Å². The van der Waals surface area contributed by atoms with Crippen LogP contribution in [0, 0.1) is 18.8 Å². The molecule has 0 amide bonds. The van der Waals surface area contributed by atoms with Crippen molar-refractivity contribution in [2.75, 3.05) is 13.2 Å². The lowest BCUT2D eigenvalue weighted by molar-refractivity contribution is 0.284. The molecule has 0 saturated carbocycles. The van der Waals surface area contributed by atoms with Gasteiger partial charge in [0, 0.05) is 12.2 Å². The molecule has 108 valence electrons. The molecule has 0 aliphatic rings. The maximum Gasteiger partial charge on any atom is 0.142 e. The Morgan fingerprint density at radius 2 is 1.89 bits per heavy atom. The van der Waals surface area contributed by atoms with Crippen LogP contribution in [0.5, 0.6) is 5.75 Å². The van der Waals surface area contributed by atoms with Gasteiger partial charge in [-0.2, -0.15) is 0 Å². The molecule has 3 nitrogen and oxygen atoms in total. The second kappa shape index (κ2) is 8.16. The van der Waals surface area contributed by atoms with Crippen molar-refractivity contribution in [3.8, 4) is 5.75 Å². The highest BCUT2D eigenvalue weighted by molar-refractivity contribution is 5.29. The van der Waals surface area contributed by atoms with E-state index < -0.39 is 0 Å². The Labute approximate surface area is 117 Å². The van der Waals surface area contributed by atoms with Gasteiger partial charge in [0.25, 0.3) is 0 Å². The zero-order valence-corrected chi connectivity index (χ0v) is 13.0. The lowest BCUT2D eigenvalue weighted by atomic mass is 10.1. The van der Waals surface area contributed by atoms with Crippen LogP contribution in [0.1, 0.15) is 45.5 Å². The average molecular weight is 264 g/mol. The third-order valence-electron chi connectivity index (χ3n) is 2.87. The van der Waals surface area contributed by atoms with E-state index in [0.29, 0.717) is 11.8 Å². The Kier molecular flexibility index (Phi) is 6.85. The van der Waals surface area contributed by atoms with Gasteiger partial charge in [-0.3, -0.25) is 4.98 Å². The second-order valence-electron chi connectivity index (χ2n) is 5.95. The molecule has 1 rings (SSSR count). The van der Waals surface area contributed by atoms with Crippen LogP contribution in [0.3, 0.4) is 0 Å². The molecular weight excluding hydrogens is 236 g/mol. The summed E-state index contributed by atoms with van der Waals surface area (Å²) in [5, 5.41) is 3.43. The third-order valence-corrected chi connectivity index (χ3v) is 2.87. The number of hydrogen-bond donors (Lipinski definition) is 1. The minimum absolute atomic E-state index is 0.648. The highest BCUT2D eigenvalue weighted by Gasteiger charge is 2.06. The summed E-state index contributed by atoms with van der Waals surface area (Å²) in [7, 11) is 0. The Bertz CT molecular complexity index is 375. The fourth-order valence-electron chi connectivity index (χ4n) is 1.74. The Morgan fingerprint density at radius 3 is 2.53 bits per heavy atom. The van der Waals surface area contributed by atoms with E-state index in [9.17, 15) is 0 Å². The summed E-state index contributed by atoms with van der Waals surface area (Å²) in [4.78, 5) is 4.58. The first kappa shape index (κ1) is 16.0. The van der Waals surface area contributed by atoms with Gasteiger partial charge in [-0.15, -0.1) is 0 Å². The van der Waals surface area contributed by atoms with Crippen molar-refractivity contribution >= 4 is 0 Å². The number of nitrogens with zero attached hydrogens (tertiary/aromatic N) is 1. The molecule has 0 aliphatic heterocycles. The average Bonchev–Trinajstić information content (AvgIpc) is 2.31. The van der Waals surface area contributed by atoms with Crippen molar-refractivity contribution in [1.29, 1.82) is 0 Å². The normalized spacial score (nSPS) is 11.3. The summed E-state index contributed by atoms with van der Waals surface area (Å²) in [5.41, 5.74) is 2.06. The second-order valence-corrected chi connectivity index (χ2v) is 5.95. The zero-order chi connectivity index (χ0) is 14.3. The van der Waals surface area contributed by atoms with E-state index in [1.54, 1.807) is 0 Å². The fraction of sp³-hybridized carbons (Fsp3) is 0.688. The predicted molar refractivity (Wildman–Crippen MR) is 80.5 cm³/mol. The van der Waals surface area contributed by atoms with Crippen molar-refractivity contribution in [1.82, 2.24) is 10.3 Å². The van der Waals surface area contributed by atoms with E-state index in [2.05, 4.69) is 38.0 Å². The number of ether oxygens (including phenoxy) is 1. The Morgan fingerprint density at radius 1 is 1.16 bits per heavy atom. The molecular formula is C16H28N2O. The number of hydrogen-bond acceptors (Lipinski definition) is 3. The van der Waals surface area contributed by atoms with E-state index in [-0.39, 0.29) is 0 Å². The smallest absolute Gasteiger partial charge is 0.142 e. The molecule has 0 bridgehead atoms. The summed E-state index contributed by atoms with van der Waals surface area (Å²) in [6, 6.07) is 4.05. The van der Waals surface area contributed by atoms with E-state index in [1.807, 2.05) is 19.1 Å². The molecule has 19 heavy (non-hydrogen) atoms. The van der Waals surface area contributed by atoms with Crippen LogP contribution < -0.4 is 10.1 Å². The van der Waals surface area contributed by atoms with Gasteiger partial charge in [0.2, 0.25) is 0 Å². The van der Waals surface area contributed by atoms with Gasteiger partial charge in [-0.1, -0.05) is 27.7 Å². The molecule has 0 aromatic carbocycles. The predicted octanol–water partition coefficient (Wildman–Crippen LogP) is 3.56. The van der Waals surface area contributed by atoms with Gasteiger partial charge in [0.1, 0.15) is 5.75 Å². The van der Waals surface area contributed by atoms with Crippen molar-refractivity contribution in [3.63, 3.8) is 0 Å². The van der Waals surface area contributed by atoms with Gasteiger partial charge >= 0.3 is 0 Å². The summed E-state index contributed by atoms with van der Waals surface area (Å²) >= 11 is 0. The summed E-state index contributed by atoms with van der Waals surface area (Å²) in [6.07, 6.45) is 1.08. The first-order valence-electron chi connectivity index (χ1n) is 7.29. The van der Waals surface area contributed by atoms with E-state index in [0.717, 1.165) is 43.3 Å². The summed E-state index contributed by atoms with van der Waals surface area (Å²) in [5.74, 6) is 2.23. The number of pyridine rings is 1. The van der Waals surface area contributed by atoms with Crippen molar-refractivity contribution in [2.45, 2.75) is 47.6 Å². The SMILES string of the molecule is Cc1ccc(OCCC(C)C)c(CNCC(C)C)n1. The van der Waals surface area contributed by atoms with Crippen LogP contribution in [0.15, 0.2) is 12.1 Å². The van der Waals surface area contributed by atoms with Crippen LogP contribution in [-0.2, 0) is 6.54 Å². The maximum atomic E-state index is 5.86. The molecule has 1 heterocycles. The summed E-state index contributed by atoms with van der Waals surface area (Å²) in [6.45, 7) is 13.4. The van der Waals surface area contributed by atoms with E-state index in [4.69, 9.17) is 4.74 Å². The maximum absolute atomic E-state index is 5.86. The van der Waals surface area contributed by atoms with Crippen LogP contribution >= 0.6 is 0 Å². The molecule has 0 unspecified atom stereocenters. The molecule has 0 radical (unpaired) electrons. The van der Waals surface area contributed by atoms with Crippen molar-refractivity contribution in [3.05, 3.63) is 23.5 Å². The largest absolute Gasteiger partial charge is 0.492 e. The lowest BCUT2D eigenvalue weighted by Gasteiger charge is -2.14. The quantitative estimate of drug-likeness (QED) is 0.779. The Hall–Kier alpha value is -1.09. The van der Waals surface area contributed by atoms with Crippen LogP contribution in [0.2, 0.25) is 0 Å². The highest BCUT2D eigenvalue weighted by atomic mass is 16.5. The molecule has 1 N–H and O–H groups in total. The number of rotatable bonds is 8. The minimum Gasteiger partial charge on any atom is -0.492 e. The fourth-order valence-corrected chi connectivity index (χ4v) is 1.74. The monoisotopic (exact) mass is 264 g/mol. The summed E-state index contributed by atoms with van der Waals surface area (Å²) < 4.78 is 5.86. The topological polar surface area (TPSA) is 34.1 Å². The van der Waals surface area contributed by atoms with Gasteiger partial charge in [0.15, 0.2) is 0 Å². The molecule has 0 fully saturated rings. The van der Waals surface area contributed by atoms with Gasteiger partial charge in [-0.25, -0.2) is 0 Å². The van der Waals surface area contributed by atoms with Crippen molar-refractivity contribution < 1.29 is 4.74 Å². The molecule has 0 atom stereocenters. The van der Waals surface area contributed by atoms with Crippen LogP contribution in [-0.4, -0.2) is 18.1 Å². The Balaban J connectivity index is 2.58. The number of nitrogens with one attached hydrogen (secondary N) is 1. The molecule has 0 spiro atoms. The highest BCUT2D eigenvalue weighted by Crippen LogP contribution is 2.17. The van der Waals surface area contributed by atoms with Gasteiger partial charge < -0.3 is 10.1 Å². The standard InChI is InChI=1S/C16H28N2O/c1-12(2)8-9-19-16-7-6-14(5)18-15(16)11-17-10-13(3)4/h6-7,12-13,17H,8-11H2,1-5H3. The molecule has 1 aromatic rings. The van der Waals surface area contributed by atoms with Crippen LogP contribution in [0.25, 0.3) is 0 Å². The van der Waals surface area contributed by atoms with E-state index >= 15 is 0 Å². The molecule has 1 aromatic heterocycles. The van der Waals surface area contributed by atoms with Crippen molar-refractivity contribution in [2.24, 2.45) is 11.8 Å². The van der Waals surface area contributed by atoms with Gasteiger partial charge in [-0.05, 0) is 43.9 Å². The number of aromatic nitrogens is 1.